The van der Waals surface area contributed by atoms with Gasteiger partial charge in [0.1, 0.15) is 5.69 Å². The number of rotatable bonds is 4. The summed E-state index contributed by atoms with van der Waals surface area (Å²) in [4.78, 5) is 22.2. The third-order valence-electron chi connectivity index (χ3n) is 1.75. The van der Waals surface area contributed by atoms with Gasteiger partial charge in [0.15, 0.2) is 10.3 Å². The summed E-state index contributed by atoms with van der Waals surface area (Å²) in [6.45, 7) is 2.09. The smallest absolute Gasteiger partial charge is 0.356 e. The highest BCUT2D eigenvalue weighted by atomic mass is 32.2. The fraction of sp³-hybridized carbons (Fsp3) is 0.222. The van der Waals surface area contributed by atoms with Gasteiger partial charge >= 0.3 is 5.97 Å². The third kappa shape index (κ3) is 2.98. The van der Waals surface area contributed by atoms with Gasteiger partial charge in [0.05, 0.1) is 23.2 Å². The lowest BCUT2D eigenvalue weighted by Crippen LogP contribution is -2.04. The second-order valence-corrected chi connectivity index (χ2v) is 5.29. The molecule has 0 saturated carbocycles. The van der Waals surface area contributed by atoms with Gasteiger partial charge in [-0.2, -0.15) is 0 Å². The molecule has 3 N–H and O–H groups in total. The number of esters is 1. The van der Waals surface area contributed by atoms with Crippen LogP contribution in [-0.4, -0.2) is 27.5 Å². The van der Waals surface area contributed by atoms with E-state index in [1.54, 1.807) is 13.1 Å². The van der Waals surface area contributed by atoms with Gasteiger partial charge in [-0.15, -0.1) is 0 Å². The van der Waals surface area contributed by atoms with Crippen LogP contribution in [0, 0.1) is 0 Å². The molecule has 2 heterocycles. The maximum absolute atomic E-state index is 11.4. The van der Waals surface area contributed by atoms with Gasteiger partial charge in [-0.05, 0) is 18.7 Å². The Morgan fingerprint density at radius 2 is 2.41 bits per heavy atom. The Balaban J connectivity index is 2.06. The molecule has 0 saturated heterocycles. The molecule has 6 nitrogen and oxygen atoms in total. The fourth-order valence-electron chi connectivity index (χ4n) is 1.08. The first kappa shape index (κ1) is 11.9. The summed E-state index contributed by atoms with van der Waals surface area (Å²) in [5, 5.41) is 1.11. The molecule has 17 heavy (non-hydrogen) atoms. The lowest BCUT2D eigenvalue weighted by molar-refractivity contribution is 0.0519. The predicted molar refractivity (Wildman–Crippen MR) is 65.2 cm³/mol. The van der Waals surface area contributed by atoms with Gasteiger partial charge in [0.2, 0.25) is 0 Å². The topological polar surface area (TPSA) is 93.9 Å². The van der Waals surface area contributed by atoms with Crippen molar-refractivity contribution in [1.29, 1.82) is 0 Å². The monoisotopic (exact) mass is 270 g/mol. The van der Waals surface area contributed by atoms with E-state index >= 15 is 0 Å². The molecule has 0 atom stereocenters. The van der Waals surface area contributed by atoms with Gasteiger partial charge in [-0.3, -0.25) is 0 Å². The van der Waals surface area contributed by atoms with Crippen molar-refractivity contribution in [1.82, 2.24) is 15.0 Å². The minimum atomic E-state index is -0.407. The second-order valence-electron chi connectivity index (χ2n) is 2.94. The van der Waals surface area contributed by atoms with Crippen molar-refractivity contribution in [2.24, 2.45) is 0 Å². The number of anilines is 1. The number of aromatic nitrogens is 3. The van der Waals surface area contributed by atoms with Crippen molar-refractivity contribution in [2.75, 3.05) is 12.3 Å². The second kappa shape index (κ2) is 5.19. The maximum atomic E-state index is 11.4. The molecule has 8 heteroatoms. The Kier molecular flexibility index (Phi) is 3.64. The first-order valence-electron chi connectivity index (χ1n) is 4.80. The molecule has 0 spiro atoms. The standard InChI is InChI=1S/C9H10N4O2S2/c1-2-15-7(14)5-3-12-9(13-5)17-6-4-11-8(10)16-6/h3-4H,2H2,1H3,(H2,10,11)(H,12,13). The molecule has 0 amide bonds. The number of aromatic amines is 1. The fourth-order valence-corrected chi connectivity index (χ4v) is 2.72. The van der Waals surface area contributed by atoms with E-state index in [9.17, 15) is 4.79 Å². The molecule has 2 aromatic heterocycles. The van der Waals surface area contributed by atoms with Crippen molar-refractivity contribution in [3.05, 3.63) is 18.1 Å². The summed E-state index contributed by atoms with van der Waals surface area (Å²) in [5.41, 5.74) is 5.85. The largest absolute Gasteiger partial charge is 0.461 e. The zero-order valence-electron chi connectivity index (χ0n) is 8.97. The van der Waals surface area contributed by atoms with E-state index in [4.69, 9.17) is 10.5 Å². The first-order valence-corrected chi connectivity index (χ1v) is 6.43. The van der Waals surface area contributed by atoms with E-state index in [1.807, 2.05) is 0 Å². The van der Waals surface area contributed by atoms with Crippen LogP contribution in [0.25, 0.3) is 0 Å². The predicted octanol–water partition coefficient (Wildman–Crippen LogP) is 1.78. The van der Waals surface area contributed by atoms with E-state index in [1.165, 1.54) is 29.3 Å². The van der Waals surface area contributed by atoms with Crippen molar-refractivity contribution < 1.29 is 9.53 Å². The Labute approximate surface area is 106 Å². The minimum absolute atomic E-state index is 0.339. The summed E-state index contributed by atoms with van der Waals surface area (Å²) in [5.74, 6) is -0.407. The SMILES string of the molecule is CCOC(=O)c1cnc(Sc2cnc(N)s2)[nH]1. The zero-order chi connectivity index (χ0) is 12.3. The van der Waals surface area contributed by atoms with Gasteiger partial charge < -0.3 is 15.5 Å². The number of imidazole rings is 1. The highest BCUT2D eigenvalue weighted by Crippen LogP contribution is 2.30. The average Bonchev–Trinajstić information content (AvgIpc) is 2.89. The molecule has 0 aliphatic rings. The molecular formula is C9H10N4O2S2. The molecule has 0 aliphatic heterocycles. The van der Waals surface area contributed by atoms with Gasteiger partial charge in [-0.1, -0.05) is 11.3 Å². The molecule has 0 aromatic carbocycles. The van der Waals surface area contributed by atoms with Gasteiger partial charge in [0, 0.05) is 0 Å². The molecule has 90 valence electrons. The molecule has 2 aromatic rings. The van der Waals surface area contributed by atoms with Crippen LogP contribution in [0.3, 0.4) is 0 Å². The van der Waals surface area contributed by atoms with E-state index < -0.39 is 5.97 Å². The van der Waals surface area contributed by atoms with Crippen LogP contribution in [0.4, 0.5) is 5.13 Å². The summed E-state index contributed by atoms with van der Waals surface area (Å²) in [6, 6.07) is 0. The Bertz CT molecular complexity index is 523. The zero-order valence-corrected chi connectivity index (χ0v) is 10.6. The van der Waals surface area contributed by atoms with Crippen LogP contribution in [-0.2, 0) is 4.74 Å². The van der Waals surface area contributed by atoms with Gasteiger partial charge in [0.25, 0.3) is 0 Å². The summed E-state index contributed by atoms with van der Waals surface area (Å²) in [7, 11) is 0. The van der Waals surface area contributed by atoms with Crippen LogP contribution >= 0.6 is 23.1 Å². The number of nitrogens with one attached hydrogen (secondary N) is 1. The van der Waals surface area contributed by atoms with E-state index in [0.717, 1.165) is 4.21 Å². The van der Waals surface area contributed by atoms with E-state index in [0.29, 0.717) is 22.6 Å². The van der Waals surface area contributed by atoms with Crippen LogP contribution in [0.1, 0.15) is 17.4 Å². The summed E-state index contributed by atoms with van der Waals surface area (Å²) < 4.78 is 5.76. The molecule has 0 unspecified atom stereocenters. The minimum Gasteiger partial charge on any atom is -0.461 e. The number of hydrogen-bond donors (Lipinski definition) is 2. The number of nitrogens with zero attached hydrogens (tertiary/aromatic N) is 2. The highest BCUT2D eigenvalue weighted by molar-refractivity contribution is 8.01. The van der Waals surface area contributed by atoms with Crippen LogP contribution in [0.2, 0.25) is 0 Å². The number of nitrogen functional groups attached to an aromatic ring is 1. The summed E-state index contributed by atoms with van der Waals surface area (Å²) >= 11 is 2.73. The third-order valence-corrected chi connectivity index (χ3v) is 3.58. The number of nitrogens with two attached hydrogens (primary N) is 1. The normalized spacial score (nSPS) is 10.4. The van der Waals surface area contributed by atoms with E-state index in [-0.39, 0.29) is 0 Å². The lowest BCUT2D eigenvalue weighted by Gasteiger charge is -1.96. The highest BCUT2D eigenvalue weighted by Gasteiger charge is 2.11. The van der Waals surface area contributed by atoms with Gasteiger partial charge in [-0.25, -0.2) is 14.8 Å². The Hall–Kier alpha value is -1.54. The van der Waals surface area contributed by atoms with Crippen molar-refractivity contribution in [2.45, 2.75) is 16.3 Å². The first-order chi connectivity index (χ1) is 8.19. The van der Waals surface area contributed by atoms with Crippen molar-refractivity contribution in [3.63, 3.8) is 0 Å². The van der Waals surface area contributed by atoms with E-state index in [2.05, 4.69) is 15.0 Å². The molecular weight excluding hydrogens is 260 g/mol. The Morgan fingerprint density at radius 3 is 3.06 bits per heavy atom. The number of ether oxygens (including phenoxy) is 1. The number of H-pyrrole nitrogens is 1. The number of thiazole rings is 1. The average molecular weight is 270 g/mol. The van der Waals surface area contributed by atoms with Crippen LogP contribution < -0.4 is 5.73 Å². The number of carbonyl (C=O) groups is 1. The maximum Gasteiger partial charge on any atom is 0.356 e. The lowest BCUT2D eigenvalue weighted by atomic mass is 10.5. The summed E-state index contributed by atoms with van der Waals surface area (Å²) in [6.07, 6.45) is 3.11. The Morgan fingerprint density at radius 1 is 1.59 bits per heavy atom. The molecule has 2 rings (SSSR count). The molecule has 0 fully saturated rings. The van der Waals surface area contributed by atoms with Crippen molar-refractivity contribution in [3.8, 4) is 0 Å². The molecule has 0 aliphatic carbocycles. The van der Waals surface area contributed by atoms with Crippen molar-refractivity contribution >= 4 is 34.2 Å². The molecule has 0 radical (unpaired) electrons. The number of carbonyl (C=O) groups excluding carboxylic acids is 1. The van der Waals surface area contributed by atoms with Crippen LogP contribution in [0.5, 0.6) is 0 Å². The number of hydrogen-bond acceptors (Lipinski definition) is 7. The molecule has 0 bridgehead atoms. The van der Waals surface area contributed by atoms with Crippen LogP contribution in [0.15, 0.2) is 21.8 Å². The quantitative estimate of drug-likeness (QED) is 0.822.